The van der Waals surface area contributed by atoms with Gasteiger partial charge < -0.3 is 24.7 Å². The smallest absolute Gasteiger partial charge is 0.200 e. The van der Waals surface area contributed by atoms with Crippen molar-refractivity contribution in [3.63, 3.8) is 0 Å². The monoisotopic (exact) mass is 394 g/mol. The summed E-state index contributed by atoms with van der Waals surface area (Å²) in [5, 5.41) is 3.04. The molecule has 1 fully saturated rings. The van der Waals surface area contributed by atoms with Crippen LogP contribution in [0.2, 0.25) is 0 Å². The van der Waals surface area contributed by atoms with E-state index in [1.165, 1.54) is 0 Å². The molecule has 2 aliphatic rings. The lowest BCUT2D eigenvalue weighted by Crippen LogP contribution is -2.44. The molecule has 2 aliphatic heterocycles. The van der Waals surface area contributed by atoms with Gasteiger partial charge in [0.05, 0.1) is 42.6 Å². The number of nitrogens with zero attached hydrogens (tertiary/aromatic N) is 4. The Morgan fingerprint density at radius 1 is 1.24 bits per heavy atom. The minimum absolute atomic E-state index is 0.256. The molecule has 0 saturated carbocycles. The van der Waals surface area contributed by atoms with E-state index in [4.69, 9.17) is 19.4 Å². The number of fused-ring (bicyclic) bond motifs is 2. The maximum absolute atomic E-state index is 6.07. The third kappa shape index (κ3) is 3.03. The highest BCUT2D eigenvalue weighted by Gasteiger charge is 2.38. The number of rotatable bonds is 3. The number of aromatic amines is 1. The quantitative estimate of drug-likeness (QED) is 0.706. The van der Waals surface area contributed by atoms with Crippen molar-refractivity contribution in [3.8, 4) is 11.4 Å². The van der Waals surface area contributed by atoms with Crippen molar-refractivity contribution in [2.75, 3.05) is 37.0 Å². The summed E-state index contributed by atoms with van der Waals surface area (Å²) in [7, 11) is 1.85. The highest BCUT2D eigenvalue weighted by atomic mass is 16.5. The van der Waals surface area contributed by atoms with E-state index in [0.717, 1.165) is 46.2 Å². The second-order valence-corrected chi connectivity index (χ2v) is 8.18. The second-order valence-electron chi connectivity index (χ2n) is 8.18. The van der Waals surface area contributed by atoms with E-state index in [2.05, 4.69) is 41.0 Å². The fourth-order valence-electron chi connectivity index (χ4n) is 4.10. The van der Waals surface area contributed by atoms with Crippen molar-refractivity contribution < 1.29 is 9.47 Å². The van der Waals surface area contributed by atoms with Gasteiger partial charge in [0.15, 0.2) is 5.82 Å². The van der Waals surface area contributed by atoms with Gasteiger partial charge in [-0.15, -0.1) is 0 Å². The molecule has 0 aliphatic carbocycles. The lowest BCUT2D eigenvalue weighted by molar-refractivity contribution is -0.0100. The summed E-state index contributed by atoms with van der Waals surface area (Å²) >= 11 is 0. The van der Waals surface area contributed by atoms with Gasteiger partial charge in [0, 0.05) is 24.7 Å². The number of nitrogens with one attached hydrogen (secondary N) is 2. The fourth-order valence-corrected chi connectivity index (χ4v) is 4.10. The predicted molar refractivity (Wildman–Crippen MR) is 112 cm³/mol. The highest BCUT2D eigenvalue weighted by Crippen LogP contribution is 2.40. The molecular formula is C21H26N6O2. The molecule has 1 aromatic carbocycles. The molecule has 2 aromatic heterocycles. The maximum Gasteiger partial charge on any atom is 0.200 e. The third-order valence-corrected chi connectivity index (χ3v) is 5.75. The molecule has 4 heterocycles. The van der Waals surface area contributed by atoms with Crippen LogP contribution >= 0.6 is 0 Å². The molecule has 3 aromatic rings. The number of ether oxygens (including phenoxy) is 2. The number of benzene rings is 1. The first-order chi connectivity index (χ1) is 14.0. The van der Waals surface area contributed by atoms with Gasteiger partial charge in [-0.2, -0.15) is 0 Å². The molecule has 8 nitrogen and oxygen atoms in total. The number of H-pyrrole nitrogens is 1. The molecule has 0 unspecified atom stereocenters. The number of hydrogen-bond acceptors (Lipinski definition) is 7. The molecule has 152 valence electrons. The normalized spacial score (nSPS) is 20.8. The fraction of sp³-hybridized carbons (Fsp3) is 0.476. The molecule has 0 amide bonds. The molecule has 1 atom stereocenters. The minimum atomic E-state index is -0.437. The zero-order valence-electron chi connectivity index (χ0n) is 17.2. The van der Waals surface area contributed by atoms with E-state index >= 15 is 0 Å². The number of hydrogen-bond donors (Lipinski definition) is 2. The van der Waals surface area contributed by atoms with Gasteiger partial charge in [-0.05, 0) is 39.0 Å². The van der Waals surface area contributed by atoms with Crippen LogP contribution in [0.15, 0.2) is 18.2 Å². The minimum Gasteiger partial charge on any atom is -0.377 e. The number of anilines is 2. The molecule has 0 radical (unpaired) electrons. The summed E-state index contributed by atoms with van der Waals surface area (Å²) in [5.41, 5.74) is 4.42. The highest BCUT2D eigenvalue weighted by molar-refractivity contribution is 5.82. The van der Waals surface area contributed by atoms with Gasteiger partial charge in [0.2, 0.25) is 5.95 Å². The first-order valence-corrected chi connectivity index (χ1v) is 10.0. The Morgan fingerprint density at radius 2 is 2.10 bits per heavy atom. The summed E-state index contributed by atoms with van der Waals surface area (Å²) in [6.45, 7) is 9.05. The summed E-state index contributed by atoms with van der Waals surface area (Å²) < 4.78 is 11.7. The van der Waals surface area contributed by atoms with Crippen molar-refractivity contribution >= 4 is 22.8 Å². The van der Waals surface area contributed by atoms with Crippen molar-refractivity contribution in [3.05, 3.63) is 29.5 Å². The summed E-state index contributed by atoms with van der Waals surface area (Å²) in [6, 6.07) is 6.35. The molecule has 8 heteroatoms. The predicted octanol–water partition coefficient (Wildman–Crippen LogP) is 3.05. The lowest BCUT2D eigenvalue weighted by atomic mass is 10.0. The Kier molecular flexibility index (Phi) is 4.22. The molecule has 0 bridgehead atoms. The second kappa shape index (κ2) is 6.67. The van der Waals surface area contributed by atoms with Crippen molar-refractivity contribution in [2.45, 2.75) is 39.0 Å². The number of morpholine rings is 1. The Morgan fingerprint density at radius 3 is 2.90 bits per heavy atom. The number of aromatic nitrogens is 4. The first-order valence-electron chi connectivity index (χ1n) is 10.0. The Bertz CT molecular complexity index is 1080. The van der Waals surface area contributed by atoms with Crippen LogP contribution in [-0.2, 0) is 21.7 Å². The summed E-state index contributed by atoms with van der Waals surface area (Å²) in [5.74, 6) is 2.40. The van der Waals surface area contributed by atoms with Crippen molar-refractivity contribution in [1.82, 2.24) is 19.9 Å². The van der Waals surface area contributed by atoms with Crippen LogP contribution in [0, 0.1) is 0 Å². The van der Waals surface area contributed by atoms with Gasteiger partial charge in [-0.1, -0.05) is 0 Å². The first kappa shape index (κ1) is 18.3. The van der Waals surface area contributed by atoms with Crippen LogP contribution in [0.1, 0.15) is 32.0 Å². The van der Waals surface area contributed by atoms with Gasteiger partial charge >= 0.3 is 0 Å². The van der Waals surface area contributed by atoms with Crippen LogP contribution in [0.5, 0.6) is 0 Å². The Labute approximate surface area is 169 Å². The zero-order chi connectivity index (χ0) is 20.2. The average molecular weight is 394 g/mol. The lowest BCUT2D eigenvalue weighted by Gasteiger charge is -2.35. The van der Waals surface area contributed by atoms with E-state index < -0.39 is 5.60 Å². The standard InChI is InChI=1S/C21H26N6O2/c1-12-10-28-8-7-27(12)19-14-11-29-21(2,3)17(14)25-18(26-19)13-5-6-15-16(9-13)24-20(22-4)23-15/h5-6,9,12H,7-8,10-11H2,1-4H3,(H2,22,23,24)/t12-/m0/s1. The summed E-state index contributed by atoms with van der Waals surface area (Å²) in [6.07, 6.45) is 0. The van der Waals surface area contributed by atoms with Gasteiger partial charge in [-0.25, -0.2) is 15.0 Å². The van der Waals surface area contributed by atoms with Crippen LogP contribution < -0.4 is 10.2 Å². The van der Waals surface area contributed by atoms with Crippen molar-refractivity contribution in [2.24, 2.45) is 0 Å². The third-order valence-electron chi connectivity index (χ3n) is 5.75. The van der Waals surface area contributed by atoms with E-state index in [1.54, 1.807) is 0 Å². The van der Waals surface area contributed by atoms with Crippen LogP contribution in [0.4, 0.5) is 11.8 Å². The van der Waals surface area contributed by atoms with E-state index in [-0.39, 0.29) is 6.04 Å². The average Bonchev–Trinajstić information content (AvgIpc) is 3.27. The largest absolute Gasteiger partial charge is 0.377 e. The molecule has 0 spiro atoms. The van der Waals surface area contributed by atoms with E-state index in [9.17, 15) is 0 Å². The molecule has 1 saturated heterocycles. The SMILES string of the molecule is CNc1nc2cc(-c3nc(N4CCOC[C@@H]4C)c4c(n3)C(C)(C)OC4)ccc2[nH]1. The molecular weight excluding hydrogens is 368 g/mol. The van der Waals surface area contributed by atoms with Gasteiger partial charge in [-0.3, -0.25) is 0 Å². The van der Waals surface area contributed by atoms with Crippen LogP contribution in [-0.4, -0.2) is 52.8 Å². The van der Waals surface area contributed by atoms with Gasteiger partial charge in [0.1, 0.15) is 11.4 Å². The maximum atomic E-state index is 6.07. The number of imidazole rings is 1. The summed E-state index contributed by atoms with van der Waals surface area (Å²) in [4.78, 5) is 20.1. The topological polar surface area (TPSA) is 88.2 Å². The molecule has 29 heavy (non-hydrogen) atoms. The van der Waals surface area contributed by atoms with Gasteiger partial charge in [0.25, 0.3) is 0 Å². The molecule has 2 N–H and O–H groups in total. The van der Waals surface area contributed by atoms with Crippen LogP contribution in [0.3, 0.4) is 0 Å². The van der Waals surface area contributed by atoms with E-state index in [1.807, 2.05) is 25.2 Å². The van der Waals surface area contributed by atoms with Crippen LogP contribution in [0.25, 0.3) is 22.4 Å². The van der Waals surface area contributed by atoms with E-state index in [0.29, 0.717) is 25.6 Å². The Hall–Kier alpha value is -2.71. The molecule has 5 rings (SSSR count). The van der Waals surface area contributed by atoms with Crippen molar-refractivity contribution in [1.29, 1.82) is 0 Å². The Balaban J connectivity index is 1.66. The zero-order valence-corrected chi connectivity index (χ0v) is 17.2.